The van der Waals surface area contributed by atoms with Crippen LogP contribution in [0.1, 0.15) is 38.5 Å². The van der Waals surface area contributed by atoms with Gasteiger partial charge in [0, 0.05) is 18.6 Å². The number of nitrogens with zero attached hydrogens (tertiary/aromatic N) is 2. The van der Waals surface area contributed by atoms with Crippen molar-refractivity contribution in [2.75, 3.05) is 12.4 Å². The van der Waals surface area contributed by atoms with E-state index < -0.39 is 11.5 Å². The molecule has 2 N–H and O–H groups in total. The van der Waals surface area contributed by atoms with Crippen LogP contribution in [0.5, 0.6) is 0 Å². The van der Waals surface area contributed by atoms with Crippen LogP contribution < -0.4 is 5.32 Å². The fourth-order valence-corrected chi connectivity index (χ4v) is 3.32. The lowest BCUT2D eigenvalue weighted by Gasteiger charge is -2.43. The minimum absolute atomic E-state index is 0.00517. The van der Waals surface area contributed by atoms with Gasteiger partial charge in [0.2, 0.25) is 0 Å². The summed E-state index contributed by atoms with van der Waals surface area (Å²) in [5.41, 5.74) is -0.578. The summed E-state index contributed by atoms with van der Waals surface area (Å²) in [6.45, 7) is 0. The van der Waals surface area contributed by atoms with Crippen LogP contribution in [-0.4, -0.2) is 39.6 Å². The number of urea groups is 1. The highest BCUT2D eigenvalue weighted by Gasteiger charge is 2.40. The van der Waals surface area contributed by atoms with E-state index in [2.05, 4.69) is 10.3 Å². The molecular formula is C13H19N3O3S. The van der Waals surface area contributed by atoms with E-state index in [0.29, 0.717) is 5.13 Å². The molecule has 0 radical (unpaired) electrons. The Morgan fingerprint density at radius 2 is 2.15 bits per heavy atom. The number of anilines is 1. The van der Waals surface area contributed by atoms with Crippen LogP contribution in [0.2, 0.25) is 0 Å². The van der Waals surface area contributed by atoms with Crippen LogP contribution in [-0.2, 0) is 4.79 Å². The van der Waals surface area contributed by atoms with Gasteiger partial charge in [-0.25, -0.2) is 9.78 Å². The molecule has 1 fully saturated rings. The fourth-order valence-electron chi connectivity index (χ4n) is 2.80. The monoisotopic (exact) mass is 297 g/mol. The average Bonchev–Trinajstić information content (AvgIpc) is 2.91. The number of carboxylic acid groups (broad SMARTS) is 1. The van der Waals surface area contributed by atoms with Gasteiger partial charge < -0.3 is 10.0 Å². The quantitative estimate of drug-likeness (QED) is 0.895. The lowest BCUT2D eigenvalue weighted by molar-refractivity contribution is -0.140. The molecule has 0 unspecified atom stereocenters. The maximum atomic E-state index is 12.3. The normalized spacial score (nSPS) is 17.4. The van der Waals surface area contributed by atoms with Gasteiger partial charge >= 0.3 is 12.0 Å². The predicted molar refractivity (Wildman–Crippen MR) is 77.0 cm³/mol. The molecule has 0 spiro atoms. The first kappa shape index (κ1) is 14.8. The molecule has 2 amide bonds. The molecule has 0 aromatic carbocycles. The first-order valence-electron chi connectivity index (χ1n) is 6.70. The zero-order chi connectivity index (χ0) is 14.6. The van der Waals surface area contributed by atoms with Gasteiger partial charge in [0.15, 0.2) is 5.13 Å². The van der Waals surface area contributed by atoms with E-state index in [0.717, 1.165) is 32.1 Å². The standard InChI is InChI=1S/C13H19N3O3S/c1-16(12(19)15-11-14-7-8-20-11)13(9-10(17)18)5-3-2-4-6-13/h7-8H,2-6,9H2,1H3,(H,17,18)(H,14,15,19). The molecule has 6 nitrogen and oxygen atoms in total. The van der Waals surface area contributed by atoms with Gasteiger partial charge in [-0.2, -0.15) is 0 Å². The number of hydrogen-bond acceptors (Lipinski definition) is 4. The maximum absolute atomic E-state index is 12.3. The summed E-state index contributed by atoms with van der Waals surface area (Å²) in [5.74, 6) is -0.860. The largest absolute Gasteiger partial charge is 0.481 e. The summed E-state index contributed by atoms with van der Waals surface area (Å²) in [5, 5.41) is 14.2. The summed E-state index contributed by atoms with van der Waals surface area (Å²) >= 11 is 1.34. The topological polar surface area (TPSA) is 82.5 Å². The second kappa shape index (κ2) is 6.21. The number of thiazole rings is 1. The first-order valence-corrected chi connectivity index (χ1v) is 7.58. The Labute approximate surface area is 121 Å². The molecule has 110 valence electrons. The lowest BCUT2D eigenvalue weighted by Crippen LogP contribution is -2.53. The van der Waals surface area contributed by atoms with Crippen molar-refractivity contribution >= 4 is 28.5 Å². The molecule has 2 rings (SSSR count). The van der Waals surface area contributed by atoms with Crippen molar-refractivity contribution in [2.45, 2.75) is 44.1 Å². The number of carboxylic acids is 1. The van der Waals surface area contributed by atoms with Crippen molar-refractivity contribution in [3.63, 3.8) is 0 Å². The van der Waals surface area contributed by atoms with E-state index in [1.54, 1.807) is 23.5 Å². The van der Waals surface area contributed by atoms with E-state index in [4.69, 9.17) is 5.11 Å². The van der Waals surface area contributed by atoms with Crippen LogP contribution in [0.3, 0.4) is 0 Å². The van der Waals surface area contributed by atoms with E-state index in [9.17, 15) is 9.59 Å². The van der Waals surface area contributed by atoms with Gasteiger partial charge in [-0.3, -0.25) is 10.1 Å². The number of carbonyl (C=O) groups excluding carboxylic acids is 1. The van der Waals surface area contributed by atoms with Crippen LogP contribution in [0.15, 0.2) is 11.6 Å². The van der Waals surface area contributed by atoms with Crippen LogP contribution in [0.4, 0.5) is 9.93 Å². The van der Waals surface area contributed by atoms with Gasteiger partial charge in [-0.15, -0.1) is 11.3 Å². The Bertz CT molecular complexity index is 469. The van der Waals surface area contributed by atoms with Crippen LogP contribution in [0, 0.1) is 0 Å². The number of nitrogens with one attached hydrogen (secondary N) is 1. The number of rotatable bonds is 4. The summed E-state index contributed by atoms with van der Waals surface area (Å²) in [7, 11) is 1.68. The number of aromatic nitrogens is 1. The molecule has 1 heterocycles. The highest BCUT2D eigenvalue weighted by molar-refractivity contribution is 7.13. The summed E-state index contributed by atoms with van der Waals surface area (Å²) < 4.78 is 0. The Balaban J connectivity index is 2.10. The third-order valence-corrected chi connectivity index (χ3v) is 4.62. The number of aliphatic carboxylic acids is 1. The van der Waals surface area contributed by atoms with Gasteiger partial charge in [-0.05, 0) is 12.8 Å². The van der Waals surface area contributed by atoms with E-state index in [-0.39, 0.29) is 12.5 Å². The number of carbonyl (C=O) groups is 2. The van der Waals surface area contributed by atoms with Crippen LogP contribution >= 0.6 is 11.3 Å². The van der Waals surface area contributed by atoms with Crippen molar-refractivity contribution < 1.29 is 14.7 Å². The van der Waals surface area contributed by atoms with Gasteiger partial charge in [0.25, 0.3) is 0 Å². The Hall–Kier alpha value is -1.63. The van der Waals surface area contributed by atoms with Gasteiger partial charge in [-0.1, -0.05) is 19.3 Å². The van der Waals surface area contributed by atoms with Crippen molar-refractivity contribution in [2.24, 2.45) is 0 Å². The van der Waals surface area contributed by atoms with E-state index in [1.165, 1.54) is 11.3 Å². The molecule has 0 bridgehead atoms. The Kier molecular flexibility index (Phi) is 4.59. The predicted octanol–water partition coefficient (Wildman–Crippen LogP) is 2.78. The van der Waals surface area contributed by atoms with Crippen molar-refractivity contribution in [1.29, 1.82) is 0 Å². The molecule has 7 heteroatoms. The minimum Gasteiger partial charge on any atom is -0.481 e. The Morgan fingerprint density at radius 1 is 1.45 bits per heavy atom. The summed E-state index contributed by atoms with van der Waals surface area (Å²) in [6, 6.07) is -0.289. The SMILES string of the molecule is CN(C(=O)Nc1nccs1)C1(CC(=O)O)CCCCC1. The summed E-state index contributed by atoms with van der Waals surface area (Å²) in [6.07, 6.45) is 6.11. The van der Waals surface area contributed by atoms with Gasteiger partial charge in [0.05, 0.1) is 12.0 Å². The van der Waals surface area contributed by atoms with Gasteiger partial charge in [0.1, 0.15) is 0 Å². The van der Waals surface area contributed by atoms with Crippen molar-refractivity contribution in [3.05, 3.63) is 11.6 Å². The molecule has 1 saturated carbocycles. The second-order valence-electron chi connectivity index (χ2n) is 5.18. The highest BCUT2D eigenvalue weighted by atomic mass is 32.1. The molecule has 0 aliphatic heterocycles. The fraction of sp³-hybridized carbons (Fsp3) is 0.615. The van der Waals surface area contributed by atoms with E-state index >= 15 is 0 Å². The smallest absolute Gasteiger partial charge is 0.323 e. The molecule has 0 saturated heterocycles. The van der Waals surface area contributed by atoms with Crippen molar-refractivity contribution in [1.82, 2.24) is 9.88 Å². The summed E-state index contributed by atoms with van der Waals surface area (Å²) in [4.78, 5) is 29.0. The number of hydrogen-bond donors (Lipinski definition) is 2. The maximum Gasteiger partial charge on any atom is 0.323 e. The molecule has 1 aromatic rings. The molecule has 1 aliphatic rings. The molecule has 1 aromatic heterocycles. The first-order chi connectivity index (χ1) is 9.53. The highest BCUT2D eigenvalue weighted by Crippen LogP contribution is 2.36. The third kappa shape index (κ3) is 3.27. The molecule has 0 atom stereocenters. The third-order valence-electron chi connectivity index (χ3n) is 3.93. The molecular weight excluding hydrogens is 278 g/mol. The van der Waals surface area contributed by atoms with Crippen LogP contribution in [0.25, 0.3) is 0 Å². The zero-order valence-electron chi connectivity index (χ0n) is 11.5. The zero-order valence-corrected chi connectivity index (χ0v) is 12.3. The minimum atomic E-state index is -0.860. The number of amides is 2. The Morgan fingerprint density at radius 3 is 2.70 bits per heavy atom. The second-order valence-corrected chi connectivity index (χ2v) is 6.08. The lowest BCUT2D eigenvalue weighted by atomic mass is 9.78. The average molecular weight is 297 g/mol. The molecule has 1 aliphatic carbocycles. The van der Waals surface area contributed by atoms with E-state index in [1.807, 2.05) is 0 Å². The molecule has 20 heavy (non-hydrogen) atoms. The van der Waals surface area contributed by atoms with Crippen molar-refractivity contribution in [3.8, 4) is 0 Å².